The second-order valence-corrected chi connectivity index (χ2v) is 5.69. The van der Waals surface area contributed by atoms with Crippen molar-refractivity contribution in [3.8, 4) is 0 Å². The van der Waals surface area contributed by atoms with Crippen molar-refractivity contribution in [2.45, 2.75) is 26.3 Å². The molecule has 23 heavy (non-hydrogen) atoms. The minimum atomic E-state index is -0.254. The van der Waals surface area contributed by atoms with Gasteiger partial charge in [-0.15, -0.1) is 0 Å². The van der Waals surface area contributed by atoms with Crippen LogP contribution in [0.2, 0.25) is 0 Å². The Hall–Kier alpha value is -1.71. The summed E-state index contributed by atoms with van der Waals surface area (Å²) in [6, 6.07) is 13.4. The second-order valence-electron chi connectivity index (χ2n) is 5.69. The number of hydrogen-bond donors (Lipinski definition) is 1. The Morgan fingerprint density at radius 2 is 1.35 bits per heavy atom. The number of rotatable bonds is 6. The first-order valence-corrected chi connectivity index (χ1v) is 7.61. The van der Waals surface area contributed by atoms with Crippen LogP contribution in [0.4, 0.5) is 8.78 Å². The third-order valence-electron chi connectivity index (χ3n) is 3.46. The Morgan fingerprint density at radius 1 is 0.913 bits per heavy atom. The number of benzene rings is 2. The first-order valence-electron chi connectivity index (χ1n) is 7.61. The molecule has 0 fully saturated rings. The molecule has 2 rings (SSSR count). The highest BCUT2D eigenvalue weighted by atomic mass is 35.5. The van der Waals surface area contributed by atoms with Gasteiger partial charge in [-0.25, -0.2) is 8.78 Å². The fourth-order valence-electron chi connectivity index (χ4n) is 2.32. The summed E-state index contributed by atoms with van der Waals surface area (Å²) in [5, 5.41) is 2.27. The van der Waals surface area contributed by atoms with Crippen LogP contribution in [-0.4, -0.2) is 12.6 Å². The van der Waals surface area contributed by atoms with Gasteiger partial charge in [0.05, 0.1) is 12.6 Å². The molecule has 0 saturated carbocycles. The van der Waals surface area contributed by atoms with Crippen LogP contribution in [0.15, 0.2) is 54.6 Å². The summed E-state index contributed by atoms with van der Waals surface area (Å²) in [7, 11) is 0. The van der Waals surface area contributed by atoms with E-state index in [0.717, 1.165) is 29.7 Å². The predicted molar refractivity (Wildman–Crippen MR) is 86.4 cm³/mol. The van der Waals surface area contributed by atoms with Gasteiger partial charge >= 0.3 is 0 Å². The zero-order valence-corrected chi connectivity index (χ0v) is 14.2. The maximum atomic E-state index is 13.1. The summed E-state index contributed by atoms with van der Waals surface area (Å²) in [5.74, 6) is -0.509. The van der Waals surface area contributed by atoms with Gasteiger partial charge < -0.3 is 17.7 Å². The molecular formula is C19H22ClF2N. The lowest BCUT2D eigenvalue weighted by molar-refractivity contribution is -0.682. The smallest absolute Gasteiger partial charge is 0.123 e. The van der Waals surface area contributed by atoms with E-state index in [4.69, 9.17) is 0 Å². The zero-order valence-electron chi connectivity index (χ0n) is 13.4. The Kier molecular flexibility index (Phi) is 7.93. The predicted octanol–water partition coefficient (Wildman–Crippen LogP) is 0.762. The number of nitrogens with two attached hydrogens (primary N) is 1. The molecule has 4 heteroatoms. The fourth-order valence-corrected chi connectivity index (χ4v) is 2.32. The minimum absolute atomic E-state index is 0. The molecule has 0 amide bonds. The molecule has 0 aromatic heterocycles. The molecule has 0 radical (unpaired) electrons. The largest absolute Gasteiger partial charge is 1.00 e. The summed E-state index contributed by atoms with van der Waals surface area (Å²) in [6.07, 6.45) is 3.04. The highest BCUT2D eigenvalue weighted by Gasteiger charge is 2.06. The first-order chi connectivity index (χ1) is 10.6. The second kappa shape index (κ2) is 9.43. The molecule has 124 valence electrons. The van der Waals surface area contributed by atoms with Gasteiger partial charge in [-0.1, -0.05) is 30.3 Å². The summed E-state index contributed by atoms with van der Waals surface area (Å²) in [5.41, 5.74) is 2.90. The van der Waals surface area contributed by atoms with Gasteiger partial charge in [0, 0.05) is 6.42 Å². The van der Waals surface area contributed by atoms with Crippen molar-refractivity contribution in [3.05, 3.63) is 77.4 Å². The van der Waals surface area contributed by atoms with Gasteiger partial charge in [0.1, 0.15) is 11.6 Å². The SMILES string of the molecule is CC(C)[NH2+]CCC=C(c1ccc(F)cc1)c1ccc(F)cc1.[Cl-]. The van der Waals surface area contributed by atoms with Gasteiger partial charge in [0.2, 0.25) is 0 Å². The standard InChI is InChI=1S/C19H21F2N.ClH/c1-14(2)22-13-3-4-19(15-5-9-17(20)10-6-15)16-7-11-18(21)12-8-16;/h4-12,14,22H,3,13H2,1-2H3;1H. The van der Waals surface area contributed by atoms with Gasteiger partial charge in [-0.05, 0) is 54.8 Å². The minimum Gasteiger partial charge on any atom is -1.00 e. The maximum absolute atomic E-state index is 13.1. The molecule has 0 unspecified atom stereocenters. The molecule has 0 aliphatic carbocycles. The van der Waals surface area contributed by atoms with E-state index >= 15 is 0 Å². The number of halogens is 3. The van der Waals surface area contributed by atoms with Crippen molar-refractivity contribution in [2.75, 3.05) is 6.54 Å². The van der Waals surface area contributed by atoms with Gasteiger partial charge in [0.25, 0.3) is 0 Å². The summed E-state index contributed by atoms with van der Waals surface area (Å²) >= 11 is 0. The number of quaternary nitrogens is 1. The van der Waals surface area contributed by atoms with Crippen LogP contribution in [0.1, 0.15) is 31.4 Å². The van der Waals surface area contributed by atoms with Crippen molar-refractivity contribution >= 4 is 5.57 Å². The Morgan fingerprint density at radius 3 is 1.74 bits per heavy atom. The van der Waals surface area contributed by atoms with Gasteiger partial charge in [-0.2, -0.15) is 0 Å². The van der Waals surface area contributed by atoms with Crippen LogP contribution in [-0.2, 0) is 0 Å². The van der Waals surface area contributed by atoms with Gasteiger partial charge in [-0.3, -0.25) is 0 Å². The van der Waals surface area contributed by atoms with E-state index in [1.54, 1.807) is 24.3 Å². The quantitative estimate of drug-likeness (QED) is 0.750. The van der Waals surface area contributed by atoms with Gasteiger partial charge in [0.15, 0.2) is 0 Å². The molecular weight excluding hydrogens is 316 g/mol. The summed E-state index contributed by atoms with van der Waals surface area (Å²) in [6.45, 7) is 5.30. The Bertz CT molecular complexity index is 571. The van der Waals surface area contributed by atoms with Crippen LogP contribution >= 0.6 is 0 Å². The van der Waals surface area contributed by atoms with Crippen molar-refractivity contribution in [1.29, 1.82) is 0 Å². The molecule has 0 atom stereocenters. The van der Waals surface area contributed by atoms with Crippen LogP contribution in [0.3, 0.4) is 0 Å². The molecule has 0 spiro atoms. The van der Waals surface area contributed by atoms with E-state index in [1.165, 1.54) is 24.3 Å². The molecule has 2 aromatic rings. The zero-order chi connectivity index (χ0) is 15.9. The first kappa shape index (κ1) is 19.3. The molecule has 0 heterocycles. The maximum Gasteiger partial charge on any atom is 0.123 e. The van der Waals surface area contributed by atoms with E-state index in [1.807, 2.05) is 0 Å². The summed E-state index contributed by atoms with van der Waals surface area (Å²) < 4.78 is 26.3. The molecule has 0 aliphatic heterocycles. The monoisotopic (exact) mass is 337 g/mol. The number of hydrogen-bond acceptors (Lipinski definition) is 0. The Labute approximate surface area is 142 Å². The van der Waals surface area contributed by atoms with Crippen molar-refractivity contribution in [3.63, 3.8) is 0 Å². The average molecular weight is 338 g/mol. The van der Waals surface area contributed by atoms with Crippen molar-refractivity contribution < 1.29 is 26.5 Å². The third-order valence-corrected chi connectivity index (χ3v) is 3.46. The fraction of sp³-hybridized carbons (Fsp3) is 0.263. The van der Waals surface area contributed by atoms with E-state index < -0.39 is 0 Å². The lowest BCUT2D eigenvalue weighted by Gasteiger charge is -2.09. The van der Waals surface area contributed by atoms with E-state index in [9.17, 15) is 8.78 Å². The van der Waals surface area contributed by atoms with E-state index in [2.05, 4.69) is 25.2 Å². The van der Waals surface area contributed by atoms with Crippen molar-refractivity contribution in [2.24, 2.45) is 0 Å². The Balaban J connectivity index is 0.00000264. The lowest BCUT2D eigenvalue weighted by atomic mass is 9.97. The molecule has 0 aliphatic rings. The molecule has 2 aromatic carbocycles. The molecule has 1 nitrogen and oxygen atoms in total. The average Bonchev–Trinajstić information content (AvgIpc) is 2.50. The highest BCUT2D eigenvalue weighted by Crippen LogP contribution is 2.24. The van der Waals surface area contributed by atoms with Crippen LogP contribution < -0.4 is 17.7 Å². The van der Waals surface area contributed by atoms with Crippen LogP contribution in [0.25, 0.3) is 5.57 Å². The normalized spacial score (nSPS) is 10.3. The highest BCUT2D eigenvalue weighted by molar-refractivity contribution is 5.79. The van der Waals surface area contributed by atoms with Crippen LogP contribution in [0.5, 0.6) is 0 Å². The molecule has 2 N–H and O–H groups in total. The third kappa shape index (κ3) is 6.12. The van der Waals surface area contributed by atoms with E-state index in [0.29, 0.717) is 6.04 Å². The topological polar surface area (TPSA) is 16.6 Å². The van der Waals surface area contributed by atoms with Crippen LogP contribution in [0, 0.1) is 11.6 Å². The molecule has 0 saturated heterocycles. The van der Waals surface area contributed by atoms with Crippen molar-refractivity contribution in [1.82, 2.24) is 0 Å². The van der Waals surface area contributed by atoms with E-state index in [-0.39, 0.29) is 24.0 Å². The lowest BCUT2D eigenvalue weighted by Crippen LogP contribution is -3.00. The summed E-state index contributed by atoms with van der Waals surface area (Å²) in [4.78, 5) is 0. The molecule has 0 bridgehead atoms.